The van der Waals surface area contributed by atoms with Crippen LogP contribution in [0, 0.1) is 0 Å². The Morgan fingerprint density at radius 2 is 1.88 bits per heavy atom. The van der Waals surface area contributed by atoms with Gasteiger partial charge in [0.15, 0.2) is 0 Å². The van der Waals surface area contributed by atoms with Gasteiger partial charge in [-0.1, -0.05) is 45.0 Å². The molecule has 1 aliphatic heterocycles. The molecule has 3 rings (SSSR count). The third-order valence-corrected chi connectivity index (χ3v) is 6.51. The Balaban J connectivity index is 0.00000243. The zero-order chi connectivity index (χ0) is 18.1. The van der Waals surface area contributed by atoms with Crippen LogP contribution in [0.5, 0.6) is 0 Å². The van der Waals surface area contributed by atoms with Crippen molar-refractivity contribution in [1.82, 2.24) is 14.6 Å². The minimum Gasteiger partial charge on any atom is -0.313 e. The molecule has 0 bridgehead atoms. The second-order valence-electron chi connectivity index (χ2n) is 7.37. The van der Waals surface area contributed by atoms with Gasteiger partial charge in [-0.05, 0) is 28.7 Å². The second-order valence-corrected chi connectivity index (χ2v) is 9.23. The van der Waals surface area contributed by atoms with Gasteiger partial charge < -0.3 is 5.32 Å². The maximum atomic E-state index is 13.5. The first-order valence-electron chi connectivity index (χ1n) is 8.54. The molecule has 1 aromatic heterocycles. The van der Waals surface area contributed by atoms with Crippen molar-refractivity contribution in [1.29, 1.82) is 0 Å². The smallest absolute Gasteiger partial charge is 0.244 e. The van der Waals surface area contributed by atoms with Crippen LogP contribution in [-0.2, 0) is 15.4 Å². The Bertz CT molecular complexity index is 835. The van der Waals surface area contributed by atoms with Gasteiger partial charge in [-0.25, -0.2) is 8.42 Å². The summed E-state index contributed by atoms with van der Waals surface area (Å²) in [4.78, 5) is 4.56. The lowest BCUT2D eigenvalue weighted by molar-refractivity contribution is 0.270. The third kappa shape index (κ3) is 4.09. The fourth-order valence-corrected chi connectivity index (χ4v) is 5.29. The van der Waals surface area contributed by atoms with Gasteiger partial charge in [0.25, 0.3) is 0 Å². The van der Waals surface area contributed by atoms with Crippen molar-refractivity contribution in [3.05, 3.63) is 59.9 Å². The van der Waals surface area contributed by atoms with Crippen LogP contribution in [0.1, 0.15) is 37.9 Å². The maximum Gasteiger partial charge on any atom is 0.244 e. The van der Waals surface area contributed by atoms with Gasteiger partial charge in [-0.15, -0.1) is 12.4 Å². The summed E-state index contributed by atoms with van der Waals surface area (Å²) in [5.41, 5.74) is 1.51. The van der Waals surface area contributed by atoms with Crippen LogP contribution < -0.4 is 5.32 Å². The average molecular weight is 396 g/mol. The molecule has 0 amide bonds. The van der Waals surface area contributed by atoms with Crippen LogP contribution in [0.3, 0.4) is 0 Å². The average Bonchev–Trinajstić information content (AvgIpc) is 2.62. The quantitative estimate of drug-likeness (QED) is 0.867. The molecule has 0 spiro atoms. The van der Waals surface area contributed by atoms with Crippen molar-refractivity contribution < 1.29 is 8.42 Å². The zero-order valence-electron chi connectivity index (χ0n) is 15.3. The molecule has 1 N–H and O–H groups in total. The van der Waals surface area contributed by atoms with Crippen molar-refractivity contribution in [2.24, 2.45) is 0 Å². The van der Waals surface area contributed by atoms with E-state index in [1.165, 1.54) is 0 Å². The summed E-state index contributed by atoms with van der Waals surface area (Å²) in [5, 5.41) is 3.30. The highest BCUT2D eigenvalue weighted by Gasteiger charge is 2.37. The maximum absolute atomic E-state index is 13.5. The summed E-state index contributed by atoms with van der Waals surface area (Å²) in [6.45, 7) is 7.80. The number of nitrogens with zero attached hydrogens (tertiary/aromatic N) is 2. The lowest BCUT2D eigenvalue weighted by Crippen LogP contribution is -2.48. The first-order chi connectivity index (χ1) is 11.8. The van der Waals surface area contributed by atoms with Crippen molar-refractivity contribution in [3.63, 3.8) is 0 Å². The Morgan fingerprint density at radius 1 is 1.15 bits per heavy atom. The number of nitrogens with one attached hydrogen (secondary N) is 1. The molecule has 1 aromatic carbocycles. The van der Waals surface area contributed by atoms with E-state index in [2.05, 4.69) is 10.3 Å². The summed E-state index contributed by atoms with van der Waals surface area (Å²) in [5.74, 6) is 0. The fourth-order valence-electron chi connectivity index (χ4n) is 3.27. The molecule has 0 radical (unpaired) electrons. The molecule has 1 unspecified atom stereocenters. The van der Waals surface area contributed by atoms with Crippen LogP contribution >= 0.6 is 12.4 Å². The molecule has 1 saturated heterocycles. The summed E-state index contributed by atoms with van der Waals surface area (Å²) in [6.07, 6.45) is 3.45. The minimum absolute atomic E-state index is 0. The van der Waals surface area contributed by atoms with Crippen LogP contribution in [0.15, 0.2) is 53.7 Å². The van der Waals surface area contributed by atoms with Crippen molar-refractivity contribution >= 4 is 22.4 Å². The number of benzene rings is 1. The van der Waals surface area contributed by atoms with Crippen LogP contribution in [0.4, 0.5) is 0 Å². The molecular weight excluding hydrogens is 370 g/mol. The number of aromatic nitrogens is 1. The zero-order valence-corrected chi connectivity index (χ0v) is 17.0. The summed E-state index contributed by atoms with van der Waals surface area (Å²) >= 11 is 0. The monoisotopic (exact) mass is 395 g/mol. The molecule has 7 heteroatoms. The largest absolute Gasteiger partial charge is 0.313 e. The third-order valence-electron chi connectivity index (χ3n) is 4.55. The van der Waals surface area contributed by atoms with E-state index < -0.39 is 10.0 Å². The second kappa shape index (κ2) is 8.05. The number of hydrogen-bond donors (Lipinski definition) is 1. The van der Waals surface area contributed by atoms with Gasteiger partial charge in [0.1, 0.15) is 0 Å². The van der Waals surface area contributed by atoms with Gasteiger partial charge in [0.05, 0.1) is 10.9 Å². The predicted octanol–water partition coefficient (Wildman–Crippen LogP) is 3.14. The molecule has 5 nitrogen and oxygen atoms in total. The van der Waals surface area contributed by atoms with Crippen molar-refractivity contribution in [2.75, 3.05) is 19.6 Å². The minimum atomic E-state index is -3.61. The van der Waals surface area contributed by atoms with E-state index in [1.807, 2.05) is 45.0 Å². The van der Waals surface area contributed by atoms with Gasteiger partial charge in [-0.3, -0.25) is 4.98 Å². The Kier molecular flexibility index (Phi) is 6.45. The van der Waals surface area contributed by atoms with Crippen LogP contribution in [0.25, 0.3) is 0 Å². The molecule has 142 valence electrons. The molecule has 1 atom stereocenters. The van der Waals surface area contributed by atoms with Crippen LogP contribution in [-0.4, -0.2) is 37.3 Å². The van der Waals surface area contributed by atoms with Crippen molar-refractivity contribution in [2.45, 2.75) is 37.1 Å². The molecule has 0 aliphatic carbocycles. The summed E-state index contributed by atoms with van der Waals surface area (Å²) in [7, 11) is -3.61. The molecule has 26 heavy (non-hydrogen) atoms. The number of hydrogen-bond acceptors (Lipinski definition) is 4. The number of sulfonamides is 1. The molecule has 1 fully saturated rings. The highest BCUT2D eigenvalue weighted by Crippen LogP contribution is 2.34. The highest BCUT2D eigenvalue weighted by molar-refractivity contribution is 7.89. The first kappa shape index (κ1) is 20.8. The Hall–Kier alpha value is -1.47. The topological polar surface area (TPSA) is 62.3 Å². The predicted molar refractivity (Wildman–Crippen MR) is 106 cm³/mol. The molecule has 2 aromatic rings. The molecule has 1 aliphatic rings. The number of pyridine rings is 1. The van der Waals surface area contributed by atoms with E-state index in [4.69, 9.17) is 0 Å². The van der Waals surface area contributed by atoms with Crippen molar-refractivity contribution in [3.8, 4) is 0 Å². The highest BCUT2D eigenvalue weighted by atomic mass is 35.5. The summed E-state index contributed by atoms with van der Waals surface area (Å²) < 4.78 is 28.6. The van der Waals surface area contributed by atoms with E-state index in [0.29, 0.717) is 24.5 Å². The van der Waals surface area contributed by atoms with E-state index in [-0.39, 0.29) is 23.9 Å². The number of rotatable bonds is 3. The lowest BCUT2D eigenvalue weighted by atomic mass is 9.87. The standard InChI is InChI=1S/C19H25N3O2S.ClH/c1-19(2,3)16-8-4-5-9-18(16)25(23,24)22-12-11-21-14-17(22)15-7-6-10-20-13-15;/h4-10,13,17,21H,11-12,14H2,1-3H3;1H. The lowest BCUT2D eigenvalue weighted by Gasteiger charge is -2.36. The van der Waals surface area contributed by atoms with Gasteiger partial charge in [0, 0.05) is 32.0 Å². The van der Waals surface area contributed by atoms with Gasteiger partial charge in [-0.2, -0.15) is 4.31 Å². The first-order valence-corrected chi connectivity index (χ1v) is 9.98. The number of piperazine rings is 1. The van der Waals surface area contributed by atoms with E-state index >= 15 is 0 Å². The van der Waals surface area contributed by atoms with E-state index in [9.17, 15) is 8.42 Å². The van der Waals surface area contributed by atoms with Gasteiger partial charge in [0.2, 0.25) is 10.0 Å². The molecular formula is C19H26ClN3O2S. The Morgan fingerprint density at radius 3 is 2.54 bits per heavy atom. The molecule has 0 saturated carbocycles. The van der Waals surface area contributed by atoms with Gasteiger partial charge >= 0.3 is 0 Å². The Labute approximate surface area is 162 Å². The van der Waals surface area contributed by atoms with E-state index in [0.717, 1.165) is 11.1 Å². The number of halogens is 1. The van der Waals surface area contributed by atoms with E-state index in [1.54, 1.807) is 28.8 Å². The SMILES string of the molecule is CC(C)(C)c1ccccc1S(=O)(=O)N1CCNCC1c1cccnc1.Cl. The van der Waals surface area contributed by atoms with Crippen LogP contribution in [0.2, 0.25) is 0 Å². The summed E-state index contributed by atoms with van der Waals surface area (Å²) in [6, 6.07) is 10.9. The molecule has 2 heterocycles. The normalized spacial score (nSPS) is 19.0. The fraction of sp³-hybridized carbons (Fsp3) is 0.421.